The van der Waals surface area contributed by atoms with Gasteiger partial charge in [0.1, 0.15) is 24.2 Å². The summed E-state index contributed by atoms with van der Waals surface area (Å²) >= 11 is 0. The lowest BCUT2D eigenvalue weighted by Gasteiger charge is -2.30. The zero-order chi connectivity index (χ0) is 37.7. The fraction of sp³-hybridized carbons (Fsp3) is 0.514. The average Bonchev–Trinajstić information content (AvgIpc) is 3.57. The van der Waals surface area contributed by atoms with Crippen LogP contribution in [0.1, 0.15) is 58.4 Å². The van der Waals surface area contributed by atoms with Crippen molar-refractivity contribution >= 4 is 52.2 Å². The first-order valence-corrected chi connectivity index (χ1v) is 17.2. The van der Waals surface area contributed by atoms with Crippen LogP contribution in [0, 0.1) is 5.92 Å². The molecule has 0 spiro atoms. The quantitative estimate of drug-likeness (QED) is 0.0528. The van der Waals surface area contributed by atoms with Crippen LogP contribution in [-0.2, 0) is 35.2 Å². The van der Waals surface area contributed by atoms with Gasteiger partial charge in [0.25, 0.3) is 0 Å². The van der Waals surface area contributed by atoms with E-state index in [4.69, 9.17) is 22.9 Å². The van der Waals surface area contributed by atoms with Crippen molar-refractivity contribution in [2.75, 3.05) is 19.6 Å². The molecule has 278 valence electrons. The molecule has 0 aromatic heterocycles. The molecule has 1 aliphatic heterocycles. The number of rotatable bonds is 18. The van der Waals surface area contributed by atoms with Crippen molar-refractivity contribution in [1.82, 2.24) is 26.2 Å². The van der Waals surface area contributed by atoms with Gasteiger partial charge in [-0.15, -0.1) is 0 Å². The third kappa shape index (κ3) is 12.5. The Bertz CT molecular complexity index is 1590. The molecule has 2 aromatic rings. The Morgan fingerprint density at radius 1 is 0.863 bits per heavy atom. The Kier molecular flexibility index (Phi) is 15.1. The molecule has 2 aromatic carbocycles. The first-order valence-electron chi connectivity index (χ1n) is 17.2. The Morgan fingerprint density at radius 2 is 1.51 bits per heavy atom. The van der Waals surface area contributed by atoms with E-state index in [9.17, 15) is 28.8 Å². The predicted octanol–water partition coefficient (Wildman–Crippen LogP) is -1.12. The van der Waals surface area contributed by atoms with E-state index in [0.29, 0.717) is 19.3 Å². The highest BCUT2D eigenvalue weighted by atomic mass is 16.2. The van der Waals surface area contributed by atoms with Crippen molar-refractivity contribution in [1.29, 1.82) is 0 Å². The fourth-order valence-electron chi connectivity index (χ4n) is 5.92. The zero-order valence-corrected chi connectivity index (χ0v) is 29.5. The van der Waals surface area contributed by atoms with Crippen LogP contribution in [0.3, 0.4) is 0 Å². The summed E-state index contributed by atoms with van der Waals surface area (Å²) in [5.41, 5.74) is 22.7. The number of benzene rings is 2. The van der Waals surface area contributed by atoms with E-state index < -0.39 is 65.7 Å². The van der Waals surface area contributed by atoms with Crippen molar-refractivity contribution in [2.45, 2.75) is 89.5 Å². The highest BCUT2D eigenvalue weighted by molar-refractivity contribution is 5.96. The van der Waals surface area contributed by atoms with E-state index in [2.05, 4.69) is 26.3 Å². The number of carbonyl (C=O) groups excluding carboxylic acids is 6. The molecule has 0 radical (unpaired) electrons. The summed E-state index contributed by atoms with van der Waals surface area (Å²) in [6.45, 7) is 5.34. The smallest absolute Gasteiger partial charge is 0.245 e. The van der Waals surface area contributed by atoms with Gasteiger partial charge in [0.15, 0.2) is 5.96 Å². The monoisotopic (exact) mass is 708 g/mol. The summed E-state index contributed by atoms with van der Waals surface area (Å²) in [5.74, 6) is -3.67. The predicted molar refractivity (Wildman–Crippen MR) is 193 cm³/mol. The highest BCUT2D eigenvalue weighted by Crippen LogP contribution is 2.21. The second-order valence-electron chi connectivity index (χ2n) is 13.3. The van der Waals surface area contributed by atoms with Crippen molar-refractivity contribution in [2.24, 2.45) is 33.8 Å². The minimum atomic E-state index is -1.09. The van der Waals surface area contributed by atoms with Crippen LogP contribution in [0.15, 0.2) is 47.5 Å². The molecule has 16 heteroatoms. The number of guanidine groups is 1. The van der Waals surface area contributed by atoms with E-state index in [0.717, 1.165) is 16.3 Å². The molecular weight excluding hydrogens is 656 g/mol. The van der Waals surface area contributed by atoms with Crippen LogP contribution >= 0.6 is 0 Å². The normalized spacial score (nSPS) is 16.4. The van der Waals surface area contributed by atoms with Gasteiger partial charge in [-0.1, -0.05) is 56.3 Å². The summed E-state index contributed by atoms with van der Waals surface area (Å²) in [6.07, 6.45) is 1.70. The molecule has 1 fully saturated rings. The third-order valence-corrected chi connectivity index (χ3v) is 8.48. The van der Waals surface area contributed by atoms with E-state index in [1.165, 1.54) is 11.8 Å². The molecule has 3 rings (SSSR count). The summed E-state index contributed by atoms with van der Waals surface area (Å²) in [5, 5.41) is 12.7. The first-order chi connectivity index (χ1) is 24.2. The van der Waals surface area contributed by atoms with E-state index in [1.807, 2.05) is 56.3 Å². The first kappa shape index (κ1) is 40.2. The highest BCUT2D eigenvalue weighted by Gasteiger charge is 2.38. The van der Waals surface area contributed by atoms with Gasteiger partial charge in [-0.25, -0.2) is 0 Å². The lowest BCUT2D eigenvalue weighted by atomic mass is 9.99. The number of primary amides is 1. The van der Waals surface area contributed by atoms with Crippen LogP contribution in [0.4, 0.5) is 0 Å². The van der Waals surface area contributed by atoms with Crippen molar-refractivity contribution in [3.05, 3.63) is 48.0 Å². The minimum Gasteiger partial charge on any atom is -0.370 e. The molecule has 0 unspecified atom stereocenters. The maximum Gasteiger partial charge on any atom is 0.245 e. The molecule has 1 saturated heterocycles. The van der Waals surface area contributed by atoms with Crippen molar-refractivity contribution < 1.29 is 28.8 Å². The van der Waals surface area contributed by atoms with Crippen LogP contribution in [0.2, 0.25) is 0 Å². The molecule has 51 heavy (non-hydrogen) atoms. The lowest BCUT2D eigenvalue weighted by Crippen LogP contribution is -2.59. The Labute approximate surface area is 297 Å². The van der Waals surface area contributed by atoms with Crippen molar-refractivity contribution in [3.8, 4) is 0 Å². The second kappa shape index (κ2) is 19.2. The van der Waals surface area contributed by atoms with E-state index in [1.54, 1.807) is 0 Å². The van der Waals surface area contributed by atoms with Crippen LogP contribution in [0.25, 0.3) is 10.8 Å². The fourth-order valence-corrected chi connectivity index (χ4v) is 5.92. The number of hydrogen-bond acceptors (Lipinski definition) is 8. The Balaban J connectivity index is 1.84. The van der Waals surface area contributed by atoms with Gasteiger partial charge in [0.2, 0.25) is 35.4 Å². The van der Waals surface area contributed by atoms with Gasteiger partial charge in [0, 0.05) is 19.5 Å². The number of nitrogens with two attached hydrogens (primary N) is 4. The minimum absolute atomic E-state index is 0.0495. The number of nitrogens with zero attached hydrogens (tertiary/aromatic N) is 2. The number of hydrogen-bond donors (Lipinski definition) is 8. The molecule has 6 amide bonds. The molecule has 12 N–H and O–H groups in total. The molecule has 0 aliphatic carbocycles. The number of amides is 6. The number of carbonyl (C=O) groups is 6. The van der Waals surface area contributed by atoms with E-state index in [-0.39, 0.29) is 50.8 Å². The van der Waals surface area contributed by atoms with E-state index >= 15 is 0 Å². The van der Waals surface area contributed by atoms with Gasteiger partial charge in [-0.05, 0) is 61.3 Å². The van der Waals surface area contributed by atoms with Gasteiger partial charge in [-0.2, -0.15) is 0 Å². The average molecular weight is 709 g/mol. The maximum absolute atomic E-state index is 13.9. The molecule has 0 bridgehead atoms. The number of likely N-dealkylation sites (tertiary alicyclic amines) is 1. The SMILES string of the molecule is CC(C)C[C@H](NC(=O)[C@@H](Cc1ccc2ccccc2c1)NC(=O)[C@H](C)N)C(=O)N[C@@H](CCCN=C(N)N)C(=O)N1CCC[C@H]1C(=O)NCC(N)=O. The lowest BCUT2D eigenvalue weighted by molar-refractivity contribution is -0.142. The summed E-state index contributed by atoms with van der Waals surface area (Å²) in [6, 6.07) is 8.52. The van der Waals surface area contributed by atoms with Gasteiger partial charge < -0.3 is 49.1 Å². The maximum atomic E-state index is 13.9. The van der Waals surface area contributed by atoms with Crippen molar-refractivity contribution in [3.63, 3.8) is 0 Å². The molecule has 16 nitrogen and oxygen atoms in total. The Hall–Kier alpha value is -5.25. The number of aliphatic imine (C=N–C) groups is 1. The molecule has 1 heterocycles. The summed E-state index contributed by atoms with van der Waals surface area (Å²) < 4.78 is 0. The molecule has 1 aliphatic rings. The van der Waals surface area contributed by atoms with Crippen LogP contribution in [-0.4, -0.2) is 96.1 Å². The molecule has 0 saturated carbocycles. The number of fused-ring (bicyclic) bond motifs is 1. The van der Waals surface area contributed by atoms with Crippen LogP contribution in [0.5, 0.6) is 0 Å². The summed E-state index contributed by atoms with van der Waals surface area (Å²) in [4.78, 5) is 83.8. The largest absolute Gasteiger partial charge is 0.370 e. The molecular formula is C35H52N10O6. The molecule has 5 atom stereocenters. The van der Waals surface area contributed by atoms with Gasteiger partial charge >= 0.3 is 0 Å². The summed E-state index contributed by atoms with van der Waals surface area (Å²) in [7, 11) is 0. The topological polar surface area (TPSA) is 270 Å². The van der Waals surface area contributed by atoms with Gasteiger partial charge in [0.05, 0.1) is 12.6 Å². The Morgan fingerprint density at radius 3 is 2.16 bits per heavy atom. The number of nitrogens with one attached hydrogen (secondary N) is 4. The van der Waals surface area contributed by atoms with Gasteiger partial charge in [-0.3, -0.25) is 33.8 Å². The zero-order valence-electron chi connectivity index (χ0n) is 29.5. The second-order valence-corrected chi connectivity index (χ2v) is 13.3. The van der Waals surface area contributed by atoms with Crippen LogP contribution < -0.4 is 44.2 Å². The third-order valence-electron chi connectivity index (χ3n) is 8.48. The standard InChI is InChI=1S/C35H52N10O6/c1-20(2)16-26(44-32(49)27(43-30(47)21(3)36)18-22-12-13-23-8-4-5-9-24(23)17-22)31(48)42-25(10-6-14-40-35(38)39)34(51)45-15-7-11-28(45)33(50)41-19-29(37)46/h4-5,8-9,12-13,17,20-21,25-28H,6-7,10-11,14-16,18-19,36H2,1-3H3,(H2,37,46)(H,41,50)(H,42,48)(H,43,47)(H,44,49)(H4,38,39,40)/t21-,25-,26-,27+,28-/m0/s1.